The first-order valence-electron chi connectivity index (χ1n) is 7.80. The van der Waals surface area contributed by atoms with E-state index >= 15 is 0 Å². The maximum Gasteiger partial charge on any atom is 0.322 e. The third-order valence-corrected chi connectivity index (χ3v) is 4.13. The fraction of sp³-hybridized carbons (Fsp3) is 0.167. The van der Waals surface area contributed by atoms with E-state index in [4.69, 9.17) is 4.52 Å². The number of amidine groups is 1. The van der Waals surface area contributed by atoms with Crippen LogP contribution in [0.4, 0.5) is 11.6 Å². The zero-order valence-corrected chi connectivity index (χ0v) is 15.2. The molecule has 3 rings (SSSR count). The highest BCUT2D eigenvalue weighted by atomic mass is 79.9. The van der Waals surface area contributed by atoms with Crippen molar-refractivity contribution in [1.82, 2.24) is 5.27 Å². The van der Waals surface area contributed by atoms with Crippen LogP contribution in [0.25, 0.3) is 0 Å². The van der Waals surface area contributed by atoms with Crippen molar-refractivity contribution in [2.45, 2.75) is 19.4 Å². The second-order valence-corrected chi connectivity index (χ2v) is 6.52. The van der Waals surface area contributed by atoms with Gasteiger partial charge in [0.1, 0.15) is 0 Å². The number of hydrogen-bond acceptors (Lipinski definition) is 4. The van der Waals surface area contributed by atoms with Gasteiger partial charge in [-0.15, -0.1) is 0 Å². The number of anilines is 1. The molecule has 0 fully saturated rings. The number of nitrogens with zero attached hydrogens (tertiary/aromatic N) is 3. The lowest BCUT2D eigenvalue weighted by Gasteiger charge is -2.11. The Morgan fingerprint density at radius 1 is 1.24 bits per heavy atom. The highest BCUT2D eigenvalue weighted by Gasteiger charge is 2.19. The lowest BCUT2D eigenvalue weighted by Crippen LogP contribution is -2.39. The predicted octanol–water partition coefficient (Wildman–Crippen LogP) is 2.99. The number of benzene rings is 2. The van der Waals surface area contributed by atoms with Gasteiger partial charge in [0.15, 0.2) is 6.04 Å². The van der Waals surface area contributed by atoms with E-state index in [1.807, 2.05) is 37.3 Å². The van der Waals surface area contributed by atoms with E-state index in [-0.39, 0.29) is 11.9 Å². The Morgan fingerprint density at radius 3 is 2.68 bits per heavy atom. The highest BCUT2D eigenvalue weighted by Crippen LogP contribution is 2.15. The van der Waals surface area contributed by atoms with Gasteiger partial charge in [-0.25, -0.2) is 4.99 Å². The average molecular weight is 401 g/mol. The Kier molecular flexibility index (Phi) is 5.45. The van der Waals surface area contributed by atoms with Crippen molar-refractivity contribution in [3.05, 3.63) is 70.8 Å². The molecule has 1 atom stereocenters. The largest absolute Gasteiger partial charge is 0.846 e. The van der Waals surface area contributed by atoms with Crippen LogP contribution < -0.4 is 15.1 Å². The predicted molar refractivity (Wildman–Crippen MR) is 96.4 cm³/mol. The summed E-state index contributed by atoms with van der Waals surface area (Å²) in [5.74, 6) is 0.162. The lowest BCUT2D eigenvalue weighted by molar-refractivity contribution is -0.782. The van der Waals surface area contributed by atoms with Gasteiger partial charge in [0.05, 0.1) is 6.02 Å². The van der Waals surface area contributed by atoms with Crippen molar-refractivity contribution in [2.24, 2.45) is 4.99 Å². The molecule has 6 nitrogen and oxygen atoms in total. The van der Waals surface area contributed by atoms with Gasteiger partial charge < -0.3 is 10.4 Å². The molecule has 128 valence electrons. The van der Waals surface area contributed by atoms with Gasteiger partial charge in [0.25, 0.3) is 6.20 Å². The second-order valence-electron chi connectivity index (χ2n) is 5.61. The van der Waals surface area contributed by atoms with Crippen LogP contribution in [0, 0.1) is 0 Å². The van der Waals surface area contributed by atoms with Crippen molar-refractivity contribution >= 4 is 33.5 Å². The van der Waals surface area contributed by atoms with Gasteiger partial charge in [-0.1, -0.05) is 46.3 Å². The zero-order valence-electron chi connectivity index (χ0n) is 13.6. The fourth-order valence-electron chi connectivity index (χ4n) is 2.34. The number of halogens is 1. The Hall–Kier alpha value is -2.67. The van der Waals surface area contributed by atoms with Crippen LogP contribution >= 0.6 is 15.9 Å². The van der Waals surface area contributed by atoms with Gasteiger partial charge in [-0.2, -0.15) is 0 Å². The van der Waals surface area contributed by atoms with Gasteiger partial charge >= 0.3 is 5.88 Å². The second kappa shape index (κ2) is 7.94. The van der Waals surface area contributed by atoms with E-state index in [1.165, 1.54) is 5.56 Å². The molecule has 25 heavy (non-hydrogen) atoms. The van der Waals surface area contributed by atoms with Crippen molar-refractivity contribution < 1.29 is 14.3 Å². The number of aromatic nitrogens is 2. The summed E-state index contributed by atoms with van der Waals surface area (Å²) in [5, 5.41) is 18.6. The molecule has 3 aromatic rings. The molecule has 0 saturated heterocycles. The summed E-state index contributed by atoms with van der Waals surface area (Å²) in [5.41, 5.74) is 1.86. The first-order chi connectivity index (χ1) is 12.1. The monoisotopic (exact) mass is 400 g/mol. The molecular weight excluding hydrogens is 384 g/mol. The maximum atomic E-state index is 12.0. The van der Waals surface area contributed by atoms with E-state index in [2.05, 4.69) is 43.6 Å². The minimum absolute atomic E-state index is 0.0876. The minimum atomic E-state index is -0.513. The molecule has 0 aliphatic rings. The molecule has 0 amide bonds. The molecule has 1 N–H and O–H groups in total. The van der Waals surface area contributed by atoms with Crippen LogP contribution in [0.1, 0.15) is 18.5 Å². The number of hydrogen-bond donors (Lipinski definition) is 1. The normalized spacial score (nSPS) is 12.8. The van der Waals surface area contributed by atoms with Crippen molar-refractivity contribution in [1.29, 1.82) is 0 Å². The van der Waals surface area contributed by atoms with Crippen LogP contribution in [0.15, 0.2) is 74.8 Å². The van der Waals surface area contributed by atoms with Gasteiger partial charge in [-0.05, 0) is 34.5 Å². The molecule has 0 bridgehead atoms. The van der Waals surface area contributed by atoms with Crippen LogP contribution in [-0.2, 0) is 6.42 Å². The Bertz CT molecular complexity index is 847. The maximum absolute atomic E-state index is 12.0. The summed E-state index contributed by atoms with van der Waals surface area (Å²) in [6.45, 7) is 2.03. The number of rotatable bonds is 5. The molecule has 7 heteroatoms. The van der Waals surface area contributed by atoms with Crippen molar-refractivity contribution in [2.75, 3.05) is 5.32 Å². The third kappa shape index (κ3) is 4.90. The fourth-order valence-corrected chi connectivity index (χ4v) is 2.60. The summed E-state index contributed by atoms with van der Waals surface area (Å²) in [6, 6.07) is 16.9. The number of nitrogens with one attached hydrogen (secondary N) is 1. The lowest BCUT2D eigenvalue weighted by atomic mass is 10.1. The Balaban J connectivity index is 1.64. The van der Waals surface area contributed by atoms with Crippen LogP contribution in [-0.4, -0.2) is 11.3 Å². The third-order valence-electron chi connectivity index (χ3n) is 3.60. The molecule has 0 spiro atoms. The van der Waals surface area contributed by atoms with E-state index in [0.717, 1.165) is 10.9 Å². The van der Waals surface area contributed by atoms with Gasteiger partial charge in [0, 0.05) is 23.5 Å². The summed E-state index contributed by atoms with van der Waals surface area (Å²) in [4.78, 5) is 3.88. The van der Waals surface area contributed by atoms with Gasteiger partial charge in [0.2, 0.25) is 5.27 Å². The van der Waals surface area contributed by atoms with E-state index in [0.29, 0.717) is 5.69 Å². The molecule has 2 aromatic carbocycles. The zero-order chi connectivity index (χ0) is 17.6. The molecule has 0 saturated carbocycles. The van der Waals surface area contributed by atoms with E-state index in [9.17, 15) is 5.11 Å². The average Bonchev–Trinajstić information content (AvgIpc) is 3.06. The van der Waals surface area contributed by atoms with Crippen LogP contribution in [0.3, 0.4) is 0 Å². The highest BCUT2D eigenvalue weighted by molar-refractivity contribution is 9.10. The molecule has 1 heterocycles. The van der Waals surface area contributed by atoms with Crippen LogP contribution in [0.5, 0.6) is 0 Å². The SMILES string of the molecule is CC(Cc1ccccc1)[n+]1cc(/N=C(\[O-])Nc2ccc(Br)cc2)on1. The topological polar surface area (TPSA) is 77.4 Å². The summed E-state index contributed by atoms with van der Waals surface area (Å²) >= 11 is 3.34. The molecule has 0 aliphatic carbocycles. The Morgan fingerprint density at radius 2 is 1.96 bits per heavy atom. The summed E-state index contributed by atoms with van der Waals surface area (Å²) in [6.07, 6.45) is 2.43. The first-order valence-corrected chi connectivity index (χ1v) is 8.60. The standard InChI is InChI=1S/C18H17BrN4O2/c1-13(11-14-5-3-2-4-6-14)23-12-17(25-22-23)21-18(24)20-16-9-7-15(19)8-10-16/h2-10,12-13H,11H2,1H3,(H-,20,21,22,24). The van der Waals surface area contributed by atoms with Crippen LogP contribution in [0.2, 0.25) is 0 Å². The van der Waals surface area contributed by atoms with E-state index < -0.39 is 6.02 Å². The number of aliphatic imine (C=N–C) groups is 1. The molecule has 1 unspecified atom stereocenters. The molecule has 0 aliphatic heterocycles. The quantitative estimate of drug-likeness (QED) is 0.405. The van der Waals surface area contributed by atoms with Crippen molar-refractivity contribution in [3.8, 4) is 0 Å². The molecule has 0 radical (unpaired) electrons. The molecular formula is C18H17BrN4O2. The smallest absolute Gasteiger partial charge is 0.322 e. The van der Waals surface area contributed by atoms with Gasteiger partial charge in [-0.3, -0.25) is 4.52 Å². The minimum Gasteiger partial charge on any atom is -0.846 e. The summed E-state index contributed by atoms with van der Waals surface area (Å²) < 4.78 is 7.73. The van der Waals surface area contributed by atoms with Crippen molar-refractivity contribution in [3.63, 3.8) is 0 Å². The summed E-state index contributed by atoms with van der Waals surface area (Å²) in [7, 11) is 0. The van der Waals surface area contributed by atoms with E-state index in [1.54, 1.807) is 23.0 Å². The first kappa shape index (κ1) is 17.2. The molecule has 1 aromatic heterocycles. The Labute approximate surface area is 153 Å².